The first-order valence-corrected chi connectivity index (χ1v) is 5.33. The zero-order valence-corrected chi connectivity index (χ0v) is 9.10. The summed E-state index contributed by atoms with van der Waals surface area (Å²) in [5.74, 6) is -1.02. The number of amides is 1. The van der Waals surface area contributed by atoms with E-state index in [0.717, 1.165) is 10.6 Å². The number of primary amides is 1. The SMILES string of the molecule is N=C(N)/C(C(N)=O)=C1/Nc2ccccc2S1. The van der Waals surface area contributed by atoms with E-state index >= 15 is 0 Å². The van der Waals surface area contributed by atoms with Gasteiger partial charge < -0.3 is 16.8 Å². The summed E-state index contributed by atoms with van der Waals surface area (Å²) in [6.45, 7) is 0. The number of hydrogen-bond donors (Lipinski definition) is 4. The van der Waals surface area contributed by atoms with E-state index in [2.05, 4.69) is 5.32 Å². The highest BCUT2D eigenvalue weighted by atomic mass is 32.2. The van der Waals surface area contributed by atoms with E-state index in [1.54, 1.807) is 0 Å². The van der Waals surface area contributed by atoms with Crippen LogP contribution in [-0.4, -0.2) is 11.7 Å². The van der Waals surface area contributed by atoms with Crippen molar-refractivity contribution in [2.24, 2.45) is 11.5 Å². The second-order valence-corrected chi connectivity index (χ2v) is 4.26. The molecule has 0 aliphatic carbocycles. The molecule has 1 aliphatic heterocycles. The predicted octanol–water partition coefficient (Wildman–Crippen LogP) is 0.837. The number of nitrogens with two attached hydrogens (primary N) is 2. The fraction of sp³-hybridized carbons (Fsp3) is 0. The standard InChI is InChI=1S/C10H10N4OS/c11-8(12)7(9(13)15)10-14-5-3-1-2-4-6(5)16-10/h1-4,14H,(H3,11,12)(H2,13,15)/b10-7+. The van der Waals surface area contributed by atoms with Crippen LogP contribution in [0.15, 0.2) is 39.8 Å². The Labute approximate surface area is 96.4 Å². The van der Waals surface area contributed by atoms with E-state index in [-0.39, 0.29) is 11.4 Å². The number of thioether (sulfide) groups is 1. The van der Waals surface area contributed by atoms with Gasteiger partial charge in [0.25, 0.3) is 5.91 Å². The first kappa shape index (κ1) is 10.6. The van der Waals surface area contributed by atoms with Gasteiger partial charge in [0.1, 0.15) is 11.4 Å². The summed E-state index contributed by atoms with van der Waals surface area (Å²) in [6, 6.07) is 7.58. The summed E-state index contributed by atoms with van der Waals surface area (Å²) >= 11 is 1.35. The Morgan fingerprint density at radius 2 is 2.00 bits per heavy atom. The third kappa shape index (κ3) is 1.74. The lowest BCUT2D eigenvalue weighted by Crippen LogP contribution is -2.27. The van der Waals surface area contributed by atoms with Gasteiger partial charge in [-0.1, -0.05) is 23.9 Å². The van der Waals surface area contributed by atoms with Gasteiger partial charge in [0.05, 0.1) is 10.7 Å². The van der Waals surface area contributed by atoms with Gasteiger partial charge in [-0.2, -0.15) is 0 Å². The monoisotopic (exact) mass is 234 g/mol. The Kier molecular flexibility index (Phi) is 2.57. The molecule has 0 atom stereocenters. The average Bonchev–Trinajstić information content (AvgIpc) is 2.58. The van der Waals surface area contributed by atoms with E-state index < -0.39 is 5.91 Å². The van der Waals surface area contributed by atoms with Gasteiger partial charge in [-0.3, -0.25) is 10.2 Å². The second kappa shape index (κ2) is 3.90. The van der Waals surface area contributed by atoms with Crippen LogP contribution >= 0.6 is 11.8 Å². The average molecular weight is 234 g/mol. The smallest absolute Gasteiger partial charge is 0.255 e. The van der Waals surface area contributed by atoms with Crippen LogP contribution in [0.4, 0.5) is 5.69 Å². The van der Waals surface area contributed by atoms with Crippen molar-refractivity contribution in [1.82, 2.24) is 0 Å². The second-order valence-electron chi connectivity index (χ2n) is 3.21. The molecule has 1 aromatic rings. The van der Waals surface area contributed by atoms with Crippen LogP contribution in [0.3, 0.4) is 0 Å². The highest BCUT2D eigenvalue weighted by molar-refractivity contribution is 8.03. The lowest BCUT2D eigenvalue weighted by atomic mass is 10.2. The van der Waals surface area contributed by atoms with Gasteiger partial charge in [0, 0.05) is 4.90 Å². The van der Waals surface area contributed by atoms with E-state index in [1.165, 1.54) is 11.8 Å². The van der Waals surface area contributed by atoms with Crippen molar-refractivity contribution >= 4 is 29.2 Å². The molecular formula is C10H10N4OS. The number of para-hydroxylation sites is 1. The van der Waals surface area contributed by atoms with E-state index in [4.69, 9.17) is 16.9 Å². The summed E-state index contributed by atoms with van der Waals surface area (Å²) in [5, 5.41) is 10.9. The summed E-state index contributed by atoms with van der Waals surface area (Å²) in [5.41, 5.74) is 11.4. The number of nitrogens with one attached hydrogen (secondary N) is 2. The van der Waals surface area contributed by atoms with Crippen molar-refractivity contribution in [1.29, 1.82) is 5.41 Å². The molecule has 0 radical (unpaired) electrons. The molecule has 1 amide bonds. The van der Waals surface area contributed by atoms with Crippen molar-refractivity contribution < 1.29 is 4.79 Å². The number of rotatable bonds is 2. The number of carbonyl (C=O) groups excluding carboxylic acids is 1. The van der Waals surface area contributed by atoms with Gasteiger partial charge in [0.2, 0.25) is 0 Å². The van der Waals surface area contributed by atoms with Crippen LogP contribution in [0, 0.1) is 5.41 Å². The summed E-state index contributed by atoms with van der Waals surface area (Å²) in [7, 11) is 0. The molecule has 1 heterocycles. The number of carbonyl (C=O) groups is 1. The lowest BCUT2D eigenvalue weighted by molar-refractivity contribution is -0.114. The third-order valence-corrected chi connectivity index (χ3v) is 3.18. The third-order valence-electron chi connectivity index (χ3n) is 2.09. The molecule has 16 heavy (non-hydrogen) atoms. The molecule has 2 rings (SSSR count). The Morgan fingerprint density at radius 1 is 1.31 bits per heavy atom. The maximum Gasteiger partial charge on any atom is 0.255 e. The topological polar surface area (TPSA) is 105 Å². The predicted molar refractivity (Wildman–Crippen MR) is 64.1 cm³/mol. The fourth-order valence-electron chi connectivity index (χ4n) is 1.40. The minimum atomic E-state index is -0.699. The van der Waals surface area contributed by atoms with Crippen LogP contribution in [-0.2, 0) is 4.79 Å². The maximum atomic E-state index is 11.2. The van der Waals surface area contributed by atoms with E-state index in [1.807, 2.05) is 24.3 Å². The maximum absolute atomic E-state index is 11.2. The van der Waals surface area contributed by atoms with Gasteiger partial charge in [0.15, 0.2) is 0 Å². The van der Waals surface area contributed by atoms with Crippen molar-refractivity contribution in [3.8, 4) is 0 Å². The fourth-order valence-corrected chi connectivity index (χ4v) is 2.47. The molecular weight excluding hydrogens is 224 g/mol. The quantitative estimate of drug-likeness (QED) is 0.345. The Bertz CT molecular complexity index is 466. The molecule has 0 aromatic heterocycles. The first-order chi connectivity index (χ1) is 7.59. The molecule has 0 fully saturated rings. The van der Waals surface area contributed by atoms with Crippen LogP contribution in [0.25, 0.3) is 0 Å². The molecule has 0 bridgehead atoms. The Balaban J connectivity index is 2.44. The van der Waals surface area contributed by atoms with Gasteiger partial charge in [-0.25, -0.2) is 0 Å². The minimum absolute atomic E-state index is 0.0289. The molecule has 1 aliphatic rings. The molecule has 6 heteroatoms. The molecule has 6 N–H and O–H groups in total. The summed E-state index contributed by atoms with van der Waals surface area (Å²) in [4.78, 5) is 12.2. The van der Waals surface area contributed by atoms with Crippen molar-refractivity contribution in [3.63, 3.8) is 0 Å². The molecule has 0 saturated heterocycles. The number of benzene rings is 1. The number of anilines is 1. The van der Waals surface area contributed by atoms with Gasteiger partial charge in [-0.15, -0.1) is 0 Å². The number of fused-ring (bicyclic) bond motifs is 1. The van der Waals surface area contributed by atoms with Crippen LogP contribution in [0.2, 0.25) is 0 Å². The summed E-state index contributed by atoms with van der Waals surface area (Å²) < 4.78 is 0. The normalized spacial score (nSPS) is 16.2. The molecule has 82 valence electrons. The molecule has 0 spiro atoms. The van der Waals surface area contributed by atoms with Crippen LogP contribution in [0.1, 0.15) is 0 Å². The van der Waals surface area contributed by atoms with Crippen LogP contribution < -0.4 is 16.8 Å². The zero-order chi connectivity index (χ0) is 11.7. The molecule has 0 saturated carbocycles. The van der Waals surface area contributed by atoms with E-state index in [0.29, 0.717) is 5.03 Å². The van der Waals surface area contributed by atoms with Crippen molar-refractivity contribution in [2.45, 2.75) is 4.90 Å². The first-order valence-electron chi connectivity index (χ1n) is 4.52. The summed E-state index contributed by atoms with van der Waals surface area (Å²) in [6.07, 6.45) is 0. The Morgan fingerprint density at radius 3 is 2.56 bits per heavy atom. The largest absolute Gasteiger partial charge is 0.383 e. The van der Waals surface area contributed by atoms with Gasteiger partial charge in [-0.05, 0) is 12.1 Å². The van der Waals surface area contributed by atoms with E-state index in [9.17, 15) is 4.79 Å². The van der Waals surface area contributed by atoms with Crippen LogP contribution in [0.5, 0.6) is 0 Å². The molecule has 1 aromatic carbocycles. The Hall–Kier alpha value is -1.95. The number of amidine groups is 1. The lowest BCUT2D eigenvalue weighted by Gasteiger charge is -2.05. The van der Waals surface area contributed by atoms with Crippen molar-refractivity contribution in [3.05, 3.63) is 34.9 Å². The van der Waals surface area contributed by atoms with Gasteiger partial charge >= 0.3 is 0 Å². The minimum Gasteiger partial charge on any atom is -0.383 e. The molecule has 0 unspecified atom stereocenters. The highest BCUT2D eigenvalue weighted by Gasteiger charge is 2.23. The highest BCUT2D eigenvalue weighted by Crippen LogP contribution is 2.41. The number of hydrogen-bond acceptors (Lipinski definition) is 4. The zero-order valence-electron chi connectivity index (χ0n) is 8.28. The molecule has 5 nitrogen and oxygen atoms in total. The van der Waals surface area contributed by atoms with Crippen molar-refractivity contribution in [2.75, 3.05) is 5.32 Å².